The van der Waals surface area contributed by atoms with Crippen molar-refractivity contribution < 1.29 is 13.2 Å². The Morgan fingerprint density at radius 2 is 2.00 bits per heavy atom. The predicted molar refractivity (Wildman–Crippen MR) is 75.9 cm³/mol. The quantitative estimate of drug-likeness (QED) is 0.573. The Labute approximate surface area is 114 Å². The molecule has 1 aromatic carbocycles. The van der Waals surface area contributed by atoms with Gasteiger partial charge in [-0.2, -0.15) is 4.31 Å². The highest BCUT2D eigenvalue weighted by molar-refractivity contribution is 7.89. The largest absolute Gasteiger partial charge is 0.492 e. The van der Waals surface area contributed by atoms with Crippen LogP contribution in [-0.4, -0.2) is 46.5 Å². The molecule has 0 atom stereocenters. The molecule has 1 rings (SSSR count). The molecule has 19 heavy (non-hydrogen) atoms. The van der Waals surface area contributed by atoms with Crippen LogP contribution in [0.1, 0.15) is 0 Å². The van der Waals surface area contributed by atoms with Gasteiger partial charge in [0.05, 0.1) is 4.90 Å². The van der Waals surface area contributed by atoms with Crippen molar-refractivity contribution in [3.63, 3.8) is 0 Å². The van der Waals surface area contributed by atoms with Gasteiger partial charge in [0.15, 0.2) is 0 Å². The second-order valence-electron chi connectivity index (χ2n) is 4.00. The molecule has 0 amide bonds. The van der Waals surface area contributed by atoms with Crippen LogP contribution in [0.3, 0.4) is 0 Å². The summed E-state index contributed by atoms with van der Waals surface area (Å²) in [6.07, 6.45) is 1.55. The SMILES string of the molecule is C=CCN(C)S(=O)(=O)c1ccc(OCCNC)cc1. The van der Waals surface area contributed by atoms with Crippen molar-refractivity contribution in [2.24, 2.45) is 0 Å². The van der Waals surface area contributed by atoms with E-state index in [2.05, 4.69) is 11.9 Å². The topological polar surface area (TPSA) is 58.6 Å². The highest BCUT2D eigenvalue weighted by Crippen LogP contribution is 2.18. The van der Waals surface area contributed by atoms with Gasteiger partial charge in [-0.15, -0.1) is 6.58 Å². The number of ether oxygens (including phenoxy) is 1. The van der Waals surface area contributed by atoms with E-state index in [0.717, 1.165) is 6.54 Å². The lowest BCUT2D eigenvalue weighted by atomic mass is 10.3. The first-order chi connectivity index (χ1) is 9.02. The van der Waals surface area contributed by atoms with Crippen LogP contribution < -0.4 is 10.1 Å². The normalized spacial score (nSPS) is 11.5. The lowest BCUT2D eigenvalue weighted by molar-refractivity contribution is 0.318. The number of benzene rings is 1. The fraction of sp³-hybridized carbons (Fsp3) is 0.385. The molecule has 0 radical (unpaired) electrons. The standard InChI is InChI=1S/C13H20N2O3S/c1-4-10-15(3)19(16,17)13-7-5-12(6-8-13)18-11-9-14-2/h4-8,14H,1,9-11H2,2-3H3. The summed E-state index contributed by atoms with van der Waals surface area (Å²) in [6, 6.07) is 6.40. The first-order valence-electron chi connectivity index (χ1n) is 5.97. The number of nitrogens with one attached hydrogen (secondary N) is 1. The number of nitrogens with zero attached hydrogens (tertiary/aromatic N) is 1. The number of rotatable bonds is 8. The van der Waals surface area contributed by atoms with Crippen LogP contribution in [0.2, 0.25) is 0 Å². The highest BCUT2D eigenvalue weighted by Gasteiger charge is 2.19. The molecule has 6 heteroatoms. The summed E-state index contributed by atoms with van der Waals surface area (Å²) in [6.45, 7) is 5.09. The third-order valence-electron chi connectivity index (χ3n) is 2.54. The van der Waals surface area contributed by atoms with E-state index in [9.17, 15) is 8.42 Å². The summed E-state index contributed by atoms with van der Waals surface area (Å²) in [7, 11) is -0.0850. The van der Waals surface area contributed by atoms with Gasteiger partial charge in [0.25, 0.3) is 0 Å². The van der Waals surface area contributed by atoms with Gasteiger partial charge in [-0.05, 0) is 31.3 Å². The Hall–Kier alpha value is -1.37. The summed E-state index contributed by atoms with van der Waals surface area (Å²) < 4.78 is 30.9. The summed E-state index contributed by atoms with van der Waals surface area (Å²) in [5, 5.41) is 2.97. The molecule has 0 aliphatic carbocycles. The maximum atomic E-state index is 12.1. The van der Waals surface area contributed by atoms with Crippen LogP contribution in [0, 0.1) is 0 Å². The second kappa shape index (κ2) is 7.28. The van der Waals surface area contributed by atoms with Crippen molar-refractivity contribution in [1.82, 2.24) is 9.62 Å². The molecule has 0 fully saturated rings. The Balaban J connectivity index is 2.77. The molecule has 1 aromatic rings. The molecule has 0 spiro atoms. The summed E-state index contributed by atoms with van der Waals surface area (Å²) in [4.78, 5) is 0.248. The number of hydrogen-bond acceptors (Lipinski definition) is 4. The van der Waals surface area contributed by atoms with Gasteiger partial charge in [0.2, 0.25) is 10.0 Å². The zero-order valence-corrected chi connectivity index (χ0v) is 12.1. The smallest absolute Gasteiger partial charge is 0.243 e. The Bertz CT molecular complexity index is 497. The maximum absolute atomic E-state index is 12.1. The minimum absolute atomic E-state index is 0.248. The van der Waals surface area contributed by atoms with Gasteiger partial charge in [-0.25, -0.2) is 8.42 Å². The third-order valence-corrected chi connectivity index (χ3v) is 4.38. The van der Waals surface area contributed by atoms with Gasteiger partial charge in [0.1, 0.15) is 12.4 Å². The maximum Gasteiger partial charge on any atom is 0.243 e. The van der Waals surface area contributed by atoms with E-state index in [-0.39, 0.29) is 11.4 Å². The molecule has 0 heterocycles. The minimum atomic E-state index is -3.45. The average molecular weight is 284 g/mol. The molecule has 5 nitrogen and oxygen atoms in total. The van der Waals surface area contributed by atoms with E-state index in [1.165, 1.54) is 11.4 Å². The lowest BCUT2D eigenvalue weighted by Gasteiger charge is -2.15. The zero-order valence-electron chi connectivity index (χ0n) is 11.3. The van der Waals surface area contributed by atoms with Gasteiger partial charge in [-0.1, -0.05) is 6.08 Å². The monoisotopic (exact) mass is 284 g/mol. The molecule has 1 N–H and O–H groups in total. The van der Waals surface area contributed by atoms with E-state index in [1.807, 2.05) is 7.05 Å². The molecule has 0 unspecified atom stereocenters. The second-order valence-corrected chi connectivity index (χ2v) is 6.04. The van der Waals surface area contributed by atoms with E-state index in [1.54, 1.807) is 30.3 Å². The average Bonchev–Trinajstić information content (AvgIpc) is 2.40. The minimum Gasteiger partial charge on any atom is -0.492 e. The van der Waals surface area contributed by atoms with Crippen molar-refractivity contribution in [3.8, 4) is 5.75 Å². The molecule has 0 aliphatic rings. The predicted octanol–water partition coefficient (Wildman–Crippen LogP) is 1.09. The van der Waals surface area contributed by atoms with E-state index < -0.39 is 10.0 Å². The van der Waals surface area contributed by atoms with Crippen LogP contribution >= 0.6 is 0 Å². The Morgan fingerprint density at radius 3 is 2.53 bits per heavy atom. The van der Waals surface area contributed by atoms with Gasteiger partial charge < -0.3 is 10.1 Å². The van der Waals surface area contributed by atoms with Crippen LogP contribution in [-0.2, 0) is 10.0 Å². The molecule has 106 valence electrons. The molecule has 0 aliphatic heterocycles. The summed E-state index contributed by atoms with van der Waals surface area (Å²) in [5.74, 6) is 0.653. The van der Waals surface area contributed by atoms with Gasteiger partial charge in [0, 0.05) is 20.1 Å². The van der Waals surface area contributed by atoms with Crippen LogP contribution in [0.5, 0.6) is 5.75 Å². The first kappa shape index (κ1) is 15.7. The molecule has 0 saturated carbocycles. The van der Waals surface area contributed by atoms with Crippen molar-refractivity contribution in [3.05, 3.63) is 36.9 Å². The van der Waals surface area contributed by atoms with Crippen molar-refractivity contribution in [2.45, 2.75) is 4.90 Å². The van der Waals surface area contributed by atoms with Crippen molar-refractivity contribution in [1.29, 1.82) is 0 Å². The van der Waals surface area contributed by atoms with Crippen LogP contribution in [0.25, 0.3) is 0 Å². The fourth-order valence-corrected chi connectivity index (χ4v) is 2.58. The molecule has 0 aromatic heterocycles. The molecule has 0 saturated heterocycles. The number of sulfonamides is 1. The van der Waals surface area contributed by atoms with Crippen molar-refractivity contribution >= 4 is 10.0 Å². The number of hydrogen-bond donors (Lipinski definition) is 1. The van der Waals surface area contributed by atoms with E-state index >= 15 is 0 Å². The summed E-state index contributed by atoms with van der Waals surface area (Å²) in [5.41, 5.74) is 0. The van der Waals surface area contributed by atoms with Crippen molar-refractivity contribution in [2.75, 3.05) is 33.8 Å². The molecular weight excluding hydrogens is 264 g/mol. The number of likely N-dealkylation sites (N-methyl/N-ethyl adjacent to an activating group) is 2. The first-order valence-corrected chi connectivity index (χ1v) is 7.41. The van der Waals surface area contributed by atoms with Gasteiger partial charge in [-0.3, -0.25) is 0 Å². The third kappa shape index (κ3) is 4.34. The Kier molecular flexibility index (Phi) is 6.01. The summed E-state index contributed by atoms with van der Waals surface area (Å²) >= 11 is 0. The van der Waals surface area contributed by atoms with Gasteiger partial charge >= 0.3 is 0 Å². The molecule has 0 bridgehead atoms. The van der Waals surface area contributed by atoms with Crippen LogP contribution in [0.15, 0.2) is 41.8 Å². The lowest BCUT2D eigenvalue weighted by Crippen LogP contribution is -2.26. The zero-order chi connectivity index (χ0) is 14.3. The van der Waals surface area contributed by atoms with E-state index in [0.29, 0.717) is 12.4 Å². The molecular formula is C13H20N2O3S. The van der Waals surface area contributed by atoms with Crippen LogP contribution in [0.4, 0.5) is 0 Å². The van der Waals surface area contributed by atoms with E-state index in [4.69, 9.17) is 4.74 Å². The fourth-order valence-electron chi connectivity index (χ4n) is 1.44. The Morgan fingerprint density at radius 1 is 1.37 bits per heavy atom. The highest BCUT2D eigenvalue weighted by atomic mass is 32.2.